The van der Waals surface area contributed by atoms with Crippen LogP contribution < -0.4 is 0 Å². The lowest BCUT2D eigenvalue weighted by Gasteiger charge is -2.33. The maximum absolute atomic E-state index is 12.9. The van der Waals surface area contributed by atoms with Crippen molar-refractivity contribution in [2.75, 3.05) is 19.3 Å². The Morgan fingerprint density at radius 1 is 1.52 bits per heavy atom. The van der Waals surface area contributed by atoms with Gasteiger partial charge in [0, 0.05) is 30.9 Å². The summed E-state index contributed by atoms with van der Waals surface area (Å²) in [6.07, 6.45) is 8.68. The van der Waals surface area contributed by atoms with Crippen LogP contribution in [0.3, 0.4) is 0 Å². The van der Waals surface area contributed by atoms with Crippen molar-refractivity contribution in [3.8, 4) is 0 Å². The summed E-state index contributed by atoms with van der Waals surface area (Å²) >= 11 is 1.52. The van der Waals surface area contributed by atoms with Gasteiger partial charge in [-0.2, -0.15) is 5.10 Å². The number of thioether (sulfide) groups is 1. The van der Waals surface area contributed by atoms with Gasteiger partial charge in [-0.25, -0.2) is 4.98 Å². The molecule has 1 aliphatic heterocycles. The molecule has 1 aliphatic rings. The number of hydrogen-bond acceptors (Lipinski definition) is 4. The van der Waals surface area contributed by atoms with Gasteiger partial charge in [-0.15, -0.1) is 11.8 Å². The first-order valence-corrected chi connectivity index (χ1v) is 9.27. The molecule has 0 radical (unpaired) electrons. The molecule has 0 aliphatic carbocycles. The van der Waals surface area contributed by atoms with E-state index < -0.39 is 0 Å². The lowest BCUT2D eigenvalue weighted by molar-refractivity contribution is 0.0701. The third-order valence-electron chi connectivity index (χ3n) is 4.44. The molecule has 6 heteroatoms. The number of H-pyrrole nitrogens is 1. The number of aryl methyl sites for hydroxylation is 1. The van der Waals surface area contributed by atoms with Crippen molar-refractivity contribution in [1.29, 1.82) is 0 Å². The number of likely N-dealkylation sites (tertiary alicyclic amines) is 1. The first-order valence-electron chi connectivity index (χ1n) is 8.05. The predicted octanol–water partition coefficient (Wildman–Crippen LogP) is 3.11. The zero-order valence-corrected chi connectivity index (χ0v) is 14.4. The first kappa shape index (κ1) is 16.1. The molecular weight excluding hydrogens is 308 g/mol. The van der Waals surface area contributed by atoms with Crippen LogP contribution in [0.1, 0.15) is 47.3 Å². The van der Waals surface area contributed by atoms with E-state index in [4.69, 9.17) is 0 Å². The minimum Gasteiger partial charge on any atom is -0.338 e. The normalized spacial score (nSPS) is 18.2. The maximum atomic E-state index is 12.9. The van der Waals surface area contributed by atoms with Crippen molar-refractivity contribution in [3.63, 3.8) is 0 Å². The second-order valence-electron chi connectivity index (χ2n) is 5.81. The quantitative estimate of drug-likeness (QED) is 0.875. The zero-order chi connectivity index (χ0) is 16.2. The molecule has 23 heavy (non-hydrogen) atoms. The number of piperidine rings is 1. The molecule has 3 rings (SSSR count). The number of aromatic nitrogens is 3. The van der Waals surface area contributed by atoms with Gasteiger partial charge in [0.2, 0.25) is 0 Å². The fourth-order valence-electron chi connectivity index (χ4n) is 3.24. The van der Waals surface area contributed by atoms with Crippen LogP contribution in [0.4, 0.5) is 0 Å². The first-order chi connectivity index (χ1) is 11.2. The second kappa shape index (κ2) is 7.17. The molecule has 3 heterocycles. The van der Waals surface area contributed by atoms with Crippen molar-refractivity contribution in [2.45, 2.75) is 37.1 Å². The minimum absolute atomic E-state index is 0.0877. The maximum Gasteiger partial charge on any atom is 0.256 e. The van der Waals surface area contributed by atoms with E-state index in [0.29, 0.717) is 11.5 Å². The number of amides is 1. The van der Waals surface area contributed by atoms with E-state index in [0.717, 1.165) is 37.4 Å². The highest BCUT2D eigenvalue weighted by Crippen LogP contribution is 2.29. The monoisotopic (exact) mass is 330 g/mol. The average molecular weight is 330 g/mol. The number of hydrogen-bond donors (Lipinski definition) is 1. The van der Waals surface area contributed by atoms with Crippen LogP contribution in [0.25, 0.3) is 0 Å². The number of nitrogens with zero attached hydrogens (tertiary/aromatic N) is 3. The summed E-state index contributed by atoms with van der Waals surface area (Å²) in [6, 6.07) is 3.71. The Morgan fingerprint density at radius 3 is 3.17 bits per heavy atom. The number of rotatable bonds is 4. The van der Waals surface area contributed by atoms with Gasteiger partial charge < -0.3 is 4.90 Å². The molecule has 1 saturated heterocycles. The highest BCUT2D eigenvalue weighted by molar-refractivity contribution is 7.98. The van der Waals surface area contributed by atoms with Crippen LogP contribution >= 0.6 is 11.8 Å². The van der Waals surface area contributed by atoms with Crippen molar-refractivity contribution >= 4 is 17.7 Å². The zero-order valence-electron chi connectivity index (χ0n) is 13.6. The molecule has 2 aromatic heterocycles. The van der Waals surface area contributed by atoms with E-state index in [1.165, 1.54) is 23.0 Å². The Hall–Kier alpha value is -1.82. The lowest BCUT2D eigenvalue weighted by Crippen LogP contribution is -2.39. The number of pyridine rings is 1. The molecule has 2 aromatic rings. The third kappa shape index (κ3) is 3.27. The molecule has 1 amide bonds. The van der Waals surface area contributed by atoms with Gasteiger partial charge in [-0.1, -0.05) is 6.92 Å². The van der Waals surface area contributed by atoms with Gasteiger partial charge >= 0.3 is 0 Å². The average Bonchev–Trinajstić information content (AvgIpc) is 3.10. The van der Waals surface area contributed by atoms with E-state index in [1.54, 1.807) is 6.20 Å². The van der Waals surface area contributed by atoms with Crippen molar-refractivity contribution < 1.29 is 4.79 Å². The number of aromatic amines is 1. The van der Waals surface area contributed by atoms with Gasteiger partial charge in [0.05, 0.1) is 11.8 Å². The van der Waals surface area contributed by atoms with Crippen LogP contribution in [-0.4, -0.2) is 45.3 Å². The Kier molecular flexibility index (Phi) is 5.00. The Morgan fingerprint density at radius 2 is 2.39 bits per heavy atom. The Balaban J connectivity index is 1.79. The summed E-state index contributed by atoms with van der Waals surface area (Å²) < 4.78 is 0. The molecule has 1 fully saturated rings. The standard InChI is InChI=1S/C17H22N4OS/c1-3-12-10-19-20-15(12)13-6-5-9-21(11-13)17(22)14-7-4-8-18-16(14)23-2/h4,7-8,10,13H,3,5-6,9,11H2,1-2H3,(H,19,20)/t13-/m1/s1. The van der Waals surface area contributed by atoms with Crippen LogP contribution in [0.15, 0.2) is 29.6 Å². The molecule has 5 nitrogen and oxygen atoms in total. The molecule has 0 aromatic carbocycles. The molecule has 0 unspecified atom stereocenters. The molecular formula is C17H22N4OS. The third-order valence-corrected chi connectivity index (χ3v) is 5.16. The summed E-state index contributed by atoms with van der Waals surface area (Å²) in [5.74, 6) is 0.435. The highest BCUT2D eigenvalue weighted by atomic mass is 32.2. The molecule has 0 spiro atoms. The van der Waals surface area contributed by atoms with Crippen molar-refractivity contribution in [1.82, 2.24) is 20.1 Å². The largest absolute Gasteiger partial charge is 0.338 e. The summed E-state index contributed by atoms with van der Waals surface area (Å²) in [7, 11) is 0. The van der Waals surface area contributed by atoms with Gasteiger partial charge in [0.15, 0.2) is 0 Å². The molecule has 0 saturated carbocycles. The molecule has 1 atom stereocenters. The van der Waals surface area contributed by atoms with E-state index in [1.807, 2.05) is 29.5 Å². The summed E-state index contributed by atoms with van der Waals surface area (Å²) in [4.78, 5) is 19.2. The molecule has 1 N–H and O–H groups in total. The van der Waals surface area contributed by atoms with Gasteiger partial charge in [0.25, 0.3) is 5.91 Å². The van der Waals surface area contributed by atoms with Crippen LogP contribution in [0.2, 0.25) is 0 Å². The lowest BCUT2D eigenvalue weighted by atomic mass is 9.91. The Bertz CT molecular complexity index is 685. The van der Waals surface area contributed by atoms with E-state index in [2.05, 4.69) is 22.1 Å². The number of carbonyl (C=O) groups is 1. The second-order valence-corrected chi connectivity index (χ2v) is 6.61. The highest BCUT2D eigenvalue weighted by Gasteiger charge is 2.28. The summed E-state index contributed by atoms with van der Waals surface area (Å²) in [5.41, 5.74) is 3.16. The molecule has 122 valence electrons. The van der Waals surface area contributed by atoms with Gasteiger partial charge in [-0.05, 0) is 43.2 Å². The fraction of sp³-hybridized carbons (Fsp3) is 0.471. The summed E-state index contributed by atoms with van der Waals surface area (Å²) in [6.45, 7) is 3.70. The minimum atomic E-state index is 0.0877. The predicted molar refractivity (Wildman–Crippen MR) is 91.9 cm³/mol. The number of nitrogens with one attached hydrogen (secondary N) is 1. The van der Waals surface area contributed by atoms with Crippen LogP contribution in [0.5, 0.6) is 0 Å². The van der Waals surface area contributed by atoms with Gasteiger partial charge in [-0.3, -0.25) is 9.89 Å². The van der Waals surface area contributed by atoms with E-state index in [-0.39, 0.29) is 5.91 Å². The fourth-order valence-corrected chi connectivity index (χ4v) is 3.78. The van der Waals surface area contributed by atoms with E-state index in [9.17, 15) is 4.79 Å². The smallest absolute Gasteiger partial charge is 0.256 e. The molecule has 0 bridgehead atoms. The SMILES string of the molecule is CCc1cn[nH]c1[C@@H]1CCCN(C(=O)c2cccnc2SC)C1. The number of carbonyl (C=O) groups excluding carboxylic acids is 1. The summed E-state index contributed by atoms with van der Waals surface area (Å²) in [5, 5.41) is 8.13. The van der Waals surface area contributed by atoms with E-state index >= 15 is 0 Å². The van der Waals surface area contributed by atoms with Crippen LogP contribution in [0, 0.1) is 0 Å². The van der Waals surface area contributed by atoms with Crippen molar-refractivity contribution in [2.24, 2.45) is 0 Å². The Labute approximate surface area is 140 Å². The van der Waals surface area contributed by atoms with Crippen molar-refractivity contribution in [3.05, 3.63) is 41.3 Å². The van der Waals surface area contributed by atoms with Gasteiger partial charge in [0.1, 0.15) is 5.03 Å². The van der Waals surface area contributed by atoms with Crippen LogP contribution in [-0.2, 0) is 6.42 Å². The topological polar surface area (TPSA) is 61.9 Å².